The van der Waals surface area contributed by atoms with E-state index in [1.807, 2.05) is 0 Å². The van der Waals surface area contributed by atoms with E-state index in [2.05, 4.69) is 6.58 Å². The molecular formula is C10H15NO4S. The van der Waals surface area contributed by atoms with Gasteiger partial charge in [-0.05, 0) is 0 Å². The second kappa shape index (κ2) is 5.25. The molecule has 0 aromatic carbocycles. The molecule has 90 valence electrons. The van der Waals surface area contributed by atoms with Gasteiger partial charge in [0.15, 0.2) is 9.84 Å². The molecule has 1 saturated heterocycles. The number of sulfone groups is 1. The number of carbonyl (C=O) groups excluding carboxylic acids is 2. The van der Waals surface area contributed by atoms with Gasteiger partial charge in [-0.2, -0.15) is 0 Å². The van der Waals surface area contributed by atoms with E-state index >= 15 is 0 Å². The summed E-state index contributed by atoms with van der Waals surface area (Å²) < 4.78 is 22.7. The summed E-state index contributed by atoms with van der Waals surface area (Å²) in [5.74, 6) is -0.981. The molecule has 0 bridgehead atoms. The predicted octanol–water partition coefficient (Wildman–Crippen LogP) is -0.221. The fourth-order valence-corrected chi connectivity index (χ4v) is 2.56. The molecule has 1 aliphatic rings. The Hall–Kier alpha value is -1.17. The molecule has 1 aliphatic heterocycles. The van der Waals surface area contributed by atoms with Crippen molar-refractivity contribution in [3.63, 3.8) is 0 Å². The summed E-state index contributed by atoms with van der Waals surface area (Å²) in [6, 6.07) is 0. The Labute approximate surface area is 95.0 Å². The van der Waals surface area contributed by atoms with Crippen molar-refractivity contribution >= 4 is 21.5 Å². The van der Waals surface area contributed by atoms with Crippen LogP contribution in [0.2, 0.25) is 0 Å². The van der Waals surface area contributed by atoms with Gasteiger partial charge in [0.25, 0.3) is 0 Å². The van der Waals surface area contributed by atoms with E-state index in [0.29, 0.717) is 25.9 Å². The molecule has 0 N–H and O–H groups in total. The number of Topliss-reactive ketones (excluding diaryl/α,β-unsaturated/α-hetero) is 1. The Balaban J connectivity index is 2.53. The summed E-state index contributed by atoms with van der Waals surface area (Å²) in [6.45, 7) is 4.00. The minimum Gasteiger partial charge on any atom is -0.341 e. The van der Waals surface area contributed by atoms with Crippen molar-refractivity contribution in [1.82, 2.24) is 4.90 Å². The summed E-state index contributed by atoms with van der Waals surface area (Å²) in [6.07, 6.45) is 1.92. The van der Waals surface area contributed by atoms with E-state index in [1.54, 1.807) is 0 Å². The van der Waals surface area contributed by atoms with Crippen molar-refractivity contribution in [3.05, 3.63) is 12.7 Å². The minimum atomic E-state index is -3.39. The van der Waals surface area contributed by atoms with Gasteiger partial charge >= 0.3 is 0 Å². The summed E-state index contributed by atoms with van der Waals surface area (Å²) in [5, 5.41) is 0. The van der Waals surface area contributed by atoms with E-state index < -0.39 is 21.5 Å². The van der Waals surface area contributed by atoms with Gasteiger partial charge in [0.1, 0.15) is 11.5 Å². The third-order valence-electron chi connectivity index (χ3n) is 2.39. The minimum absolute atomic E-state index is 0.123. The number of nitrogens with zero attached hydrogens (tertiary/aromatic N) is 1. The third kappa shape index (κ3) is 3.77. The topological polar surface area (TPSA) is 71.5 Å². The van der Waals surface area contributed by atoms with E-state index in [-0.39, 0.29) is 11.5 Å². The average molecular weight is 245 g/mol. The molecule has 1 amide bonds. The number of amides is 1. The van der Waals surface area contributed by atoms with Crippen LogP contribution in [0, 0.1) is 0 Å². The van der Waals surface area contributed by atoms with Gasteiger partial charge in [0, 0.05) is 25.9 Å². The lowest BCUT2D eigenvalue weighted by Crippen LogP contribution is -2.41. The maximum absolute atomic E-state index is 11.6. The highest BCUT2D eigenvalue weighted by molar-refractivity contribution is 7.92. The van der Waals surface area contributed by atoms with Crippen LogP contribution in [0.25, 0.3) is 0 Å². The zero-order valence-electron chi connectivity index (χ0n) is 9.02. The highest BCUT2D eigenvalue weighted by Crippen LogP contribution is 2.07. The molecule has 0 saturated carbocycles. The van der Waals surface area contributed by atoms with E-state index in [0.717, 1.165) is 0 Å². The number of hydrogen-bond donors (Lipinski definition) is 0. The molecule has 5 nitrogen and oxygen atoms in total. The molecule has 0 unspecified atom stereocenters. The number of hydrogen-bond acceptors (Lipinski definition) is 4. The Morgan fingerprint density at radius 2 is 1.94 bits per heavy atom. The van der Waals surface area contributed by atoms with Gasteiger partial charge < -0.3 is 4.90 Å². The van der Waals surface area contributed by atoms with Gasteiger partial charge in [-0.3, -0.25) is 9.59 Å². The second-order valence-corrected chi connectivity index (χ2v) is 5.87. The average Bonchev–Trinajstić information content (AvgIpc) is 2.17. The highest BCUT2D eigenvalue weighted by atomic mass is 32.2. The summed E-state index contributed by atoms with van der Waals surface area (Å²) in [7, 11) is -3.39. The molecule has 1 rings (SSSR count). The summed E-state index contributed by atoms with van der Waals surface area (Å²) >= 11 is 0. The lowest BCUT2D eigenvalue weighted by Gasteiger charge is -2.25. The monoisotopic (exact) mass is 245 g/mol. The molecule has 6 heteroatoms. The van der Waals surface area contributed by atoms with Gasteiger partial charge in [-0.1, -0.05) is 6.08 Å². The number of rotatable bonds is 4. The number of piperidine rings is 1. The Morgan fingerprint density at radius 1 is 1.38 bits per heavy atom. The Kier molecular flexibility index (Phi) is 4.23. The fraction of sp³-hybridized carbons (Fsp3) is 0.600. The molecule has 0 atom stereocenters. The van der Waals surface area contributed by atoms with Crippen molar-refractivity contribution in [2.75, 3.05) is 24.6 Å². The van der Waals surface area contributed by atoms with E-state index in [1.165, 1.54) is 11.0 Å². The first kappa shape index (κ1) is 12.9. The number of carbonyl (C=O) groups is 2. The van der Waals surface area contributed by atoms with E-state index in [9.17, 15) is 18.0 Å². The van der Waals surface area contributed by atoms with Crippen LogP contribution in [0.5, 0.6) is 0 Å². The third-order valence-corrected chi connectivity index (χ3v) is 3.82. The fourth-order valence-electron chi connectivity index (χ4n) is 1.52. The molecule has 1 fully saturated rings. The molecule has 0 radical (unpaired) electrons. The lowest BCUT2D eigenvalue weighted by molar-refractivity contribution is -0.132. The number of ketones is 1. The standard InChI is InChI=1S/C10H15NO4S/c1-2-7-16(14,15)8-10(13)11-5-3-9(12)4-6-11/h2H,1,3-8H2. The van der Waals surface area contributed by atoms with Crippen LogP contribution in [0.3, 0.4) is 0 Å². The smallest absolute Gasteiger partial charge is 0.237 e. The first-order valence-electron chi connectivity index (χ1n) is 5.05. The first-order chi connectivity index (χ1) is 7.44. The molecule has 0 aliphatic carbocycles. The first-order valence-corrected chi connectivity index (χ1v) is 6.87. The Bertz CT molecular complexity index is 389. The van der Waals surface area contributed by atoms with Crippen LogP contribution in [-0.2, 0) is 19.4 Å². The van der Waals surface area contributed by atoms with Crippen LogP contribution in [0.4, 0.5) is 0 Å². The van der Waals surface area contributed by atoms with Gasteiger partial charge in [0.05, 0.1) is 5.75 Å². The molecule has 0 spiro atoms. The SMILES string of the molecule is C=CCS(=O)(=O)CC(=O)N1CCC(=O)CC1. The van der Waals surface area contributed by atoms with Gasteiger partial charge in [-0.25, -0.2) is 8.42 Å². The number of likely N-dealkylation sites (tertiary alicyclic amines) is 1. The Morgan fingerprint density at radius 3 is 2.44 bits per heavy atom. The van der Waals surface area contributed by atoms with Gasteiger partial charge in [-0.15, -0.1) is 6.58 Å². The van der Waals surface area contributed by atoms with Crippen molar-refractivity contribution in [1.29, 1.82) is 0 Å². The van der Waals surface area contributed by atoms with Crippen LogP contribution in [-0.4, -0.2) is 49.6 Å². The van der Waals surface area contributed by atoms with Crippen molar-refractivity contribution < 1.29 is 18.0 Å². The zero-order chi connectivity index (χ0) is 12.2. The summed E-state index contributed by atoms with van der Waals surface area (Å²) in [4.78, 5) is 24.0. The van der Waals surface area contributed by atoms with Crippen LogP contribution in [0.1, 0.15) is 12.8 Å². The maximum atomic E-state index is 11.6. The van der Waals surface area contributed by atoms with Crippen molar-refractivity contribution in [2.45, 2.75) is 12.8 Å². The highest BCUT2D eigenvalue weighted by Gasteiger charge is 2.24. The predicted molar refractivity (Wildman–Crippen MR) is 59.7 cm³/mol. The largest absolute Gasteiger partial charge is 0.341 e. The quantitative estimate of drug-likeness (QED) is 0.642. The maximum Gasteiger partial charge on any atom is 0.237 e. The molecule has 16 heavy (non-hydrogen) atoms. The van der Waals surface area contributed by atoms with Gasteiger partial charge in [0.2, 0.25) is 5.91 Å². The normalized spacial score (nSPS) is 17.2. The van der Waals surface area contributed by atoms with Crippen LogP contribution >= 0.6 is 0 Å². The summed E-state index contributed by atoms with van der Waals surface area (Å²) in [5.41, 5.74) is 0. The molecular weight excluding hydrogens is 230 g/mol. The van der Waals surface area contributed by atoms with E-state index in [4.69, 9.17) is 0 Å². The van der Waals surface area contributed by atoms with Crippen LogP contribution in [0.15, 0.2) is 12.7 Å². The zero-order valence-corrected chi connectivity index (χ0v) is 9.83. The lowest BCUT2D eigenvalue weighted by atomic mass is 10.1. The van der Waals surface area contributed by atoms with Crippen LogP contribution < -0.4 is 0 Å². The molecule has 0 aromatic rings. The molecule has 1 heterocycles. The second-order valence-electron chi connectivity index (χ2n) is 3.76. The molecule has 0 aromatic heterocycles. The van der Waals surface area contributed by atoms with Crippen molar-refractivity contribution in [2.24, 2.45) is 0 Å². The van der Waals surface area contributed by atoms with Crippen molar-refractivity contribution in [3.8, 4) is 0 Å².